The summed E-state index contributed by atoms with van der Waals surface area (Å²) in [4.78, 5) is 13.6. The van der Waals surface area contributed by atoms with Crippen LogP contribution in [0.15, 0.2) is 18.2 Å². The number of ether oxygens (including phenoxy) is 3. The molecule has 1 aromatic rings. The number of amides is 1. The van der Waals surface area contributed by atoms with Gasteiger partial charge in [0, 0.05) is 27.3 Å². The Labute approximate surface area is 142 Å². The molecule has 0 unspecified atom stereocenters. The predicted octanol–water partition coefficient (Wildman–Crippen LogP) is 0.655. The van der Waals surface area contributed by atoms with Crippen LogP contribution in [0.5, 0.6) is 11.5 Å². The first kappa shape index (κ1) is 20.2. The van der Waals surface area contributed by atoms with Crippen molar-refractivity contribution in [1.29, 1.82) is 0 Å². The smallest absolute Gasteiger partial charge is 0.306 e. The van der Waals surface area contributed by atoms with E-state index in [1.54, 1.807) is 24.1 Å². The van der Waals surface area contributed by atoms with Crippen LogP contribution in [-0.2, 0) is 30.9 Å². The summed E-state index contributed by atoms with van der Waals surface area (Å²) >= 11 is 0. The second-order valence-corrected chi connectivity index (χ2v) is 6.59. The van der Waals surface area contributed by atoms with Crippen LogP contribution >= 0.6 is 0 Å². The SMILES string of the molecule is COCCN(Cc1ccc(OC)c(OS(C)(=O)=O)c1)C(=O)COC. The van der Waals surface area contributed by atoms with Crippen LogP contribution in [0.1, 0.15) is 5.56 Å². The minimum absolute atomic E-state index is 0.0490. The Morgan fingerprint density at radius 3 is 2.38 bits per heavy atom. The van der Waals surface area contributed by atoms with Crippen LogP contribution in [0, 0.1) is 0 Å². The highest BCUT2D eigenvalue weighted by molar-refractivity contribution is 7.86. The molecule has 1 aromatic carbocycles. The number of rotatable bonds is 10. The van der Waals surface area contributed by atoms with Crippen molar-refractivity contribution < 1.29 is 31.6 Å². The Morgan fingerprint density at radius 2 is 1.83 bits per heavy atom. The van der Waals surface area contributed by atoms with Gasteiger partial charge in [0.2, 0.25) is 5.91 Å². The van der Waals surface area contributed by atoms with Crippen molar-refractivity contribution >= 4 is 16.0 Å². The van der Waals surface area contributed by atoms with Crippen molar-refractivity contribution in [2.45, 2.75) is 6.54 Å². The zero-order valence-electron chi connectivity index (χ0n) is 14.3. The molecule has 0 aromatic heterocycles. The van der Waals surface area contributed by atoms with Gasteiger partial charge in [0.05, 0.1) is 20.0 Å². The van der Waals surface area contributed by atoms with Crippen molar-refractivity contribution in [1.82, 2.24) is 4.90 Å². The number of carbonyl (C=O) groups is 1. The maximum absolute atomic E-state index is 12.1. The van der Waals surface area contributed by atoms with Crippen molar-refractivity contribution in [3.63, 3.8) is 0 Å². The third-order valence-corrected chi connectivity index (χ3v) is 3.51. The first-order valence-corrected chi connectivity index (χ1v) is 8.94. The van der Waals surface area contributed by atoms with Gasteiger partial charge in [-0.1, -0.05) is 6.07 Å². The zero-order valence-corrected chi connectivity index (χ0v) is 15.1. The molecule has 0 aliphatic heterocycles. The van der Waals surface area contributed by atoms with E-state index in [4.69, 9.17) is 18.4 Å². The van der Waals surface area contributed by atoms with Crippen LogP contribution < -0.4 is 8.92 Å². The highest BCUT2D eigenvalue weighted by atomic mass is 32.2. The molecule has 0 N–H and O–H groups in total. The molecule has 0 aliphatic carbocycles. The number of methoxy groups -OCH3 is 3. The standard InChI is InChI=1S/C15H23NO7S/c1-20-8-7-16(15(17)11-21-2)10-12-5-6-13(22-3)14(9-12)23-24(4,18)19/h5-6,9H,7-8,10-11H2,1-4H3. The van der Waals surface area contributed by atoms with Crippen molar-refractivity contribution in [2.75, 3.05) is 47.3 Å². The maximum Gasteiger partial charge on any atom is 0.306 e. The van der Waals surface area contributed by atoms with Gasteiger partial charge in [-0.25, -0.2) is 0 Å². The maximum atomic E-state index is 12.1. The molecule has 8 nitrogen and oxygen atoms in total. The number of carbonyl (C=O) groups excluding carboxylic acids is 1. The topological polar surface area (TPSA) is 91.4 Å². The number of benzene rings is 1. The summed E-state index contributed by atoms with van der Waals surface area (Å²) < 4.78 is 42.6. The quantitative estimate of drug-likeness (QED) is 0.565. The summed E-state index contributed by atoms with van der Waals surface area (Å²) in [5.74, 6) is 0.162. The Morgan fingerprint density at radius 1 is 1.12 bits per heavy atom. The molecular formula is C15H23NO7S. The first-order chi connectivity index (χ1) is 11.3. The fourth-order valence-electron chi connectivity index (χ4n) is 1.98. The Balaban J connectivity index is 3.01. The highest BCUT2D eigenvalue weighted by Gasteiger charge is 2.16. The van der Waals surface area contributed by atoms with Gasteiger partial charge in [0.15, 0.2) is 11.5 Å². The Kier molecular flexibility index (Phi) is 7.96. The van der Waals surface area contributed by atoms with Crippen LogP contribution in [0.25, 0.3) is 0 Å². The molecule has 0 saturated carbocycles. The van der Waals surface area contributed by atoms with Gasteiger partial charge in [-0.3, -0.25) is 4.79 Å². The molecule has 0 heterocycles. The third-order valence-electron chi connectivity index (χ3n) is 3.03. The molecule has 136 valence electrons. The number of hydrogen-bond donors (Lipinski definition) is 0. The van der Waals surface area contributed by atoms with Crippen molar-refractivity contribution in [2.24, 2.45) is 0 Å². The van der Waals surface area contributed by atoms with Gasteiger partial charge in [-0.15, -0.1) is 0 Å². The lowest BCUT2D eigenvalue weighted by Gasteiger charge is -2.22. The van der Waals surface area contributed by atoms with Crippen LogP contribution in [0.2, 0.25) is 0 Å². The van der Waals surface area contributed by atoms with E-state index >= 15 is 0 Å². The van der Waals surface area contributed by atoms with E-state index < -0.39 is 10.1 Å². The van der Waals surface area contributed by atoms with E-state index in [1.165, 1.54) is 20.3 Å². The monoisotopic (exact) mass is 361 g/mol. The molecule has 0 aliphatic rings. The molecule has 0 bridgehead atoms. The Hall–Kier alpha value is -1.84. The molecule has 0 fully saturated rings. The summed E-state index contributed by atoms with van der Waals surface area (Å²) in [6.45, 7) is 0.966. The Bertz CT molecular complexity index is 645. The lowest BCUT2D eigenvalue weighted by Crippen LogP contribution is -2.35. The number of nitrogens with zero attached hydrogens (tertiary/aromatic N) is 1. The van der Waals surface area contributed by atoms with Crippen molar-refractivity contribution in [3.05, 3.63) is 23.8 Å². The minimum Gasteiger partial charge on any atom is -0.493 e. The predicted molar refractivity (Wildman–Crippen MR) is 87.6 cm³/mol. The van der Waals surface area contributed by atoms with E-state index in [0.29, 0.717) is 18.7 Å². The third kappa shape index (κ3) is 6.73. The minimum atomic E-state index is -3.69. The van der Waals surface area contributed by atoms with Gasteiger partial charge < -0.3 is 23.3 Å². The summed E-state index contributed by atoms with van der Waals surface area (Å²) in [7, 11) is 0.708. The van der Waals surface area contributed by atoms with Gasteiger partial charge >= 0.3 is 10.1 Å². The second-order valence-electron chi connectivity index (χ2n) is 5.01. The summed E-state index contributed by atoms with van der Waals surface area (Å²) in [6.07, 6.45) is 0.951. The fraction of sp³-hybridized carbons (Fsp3) is 0.533. The molecular weight excluding hydrogens is 338 g/mol. The molecule has 1 rings (SSSR count). The molecule has 1 amide bonds. The second kappa shape index (κ2) is 9.45. The van der Waals surface area contributed by atoms with Gasteiger partial charge in [0.25, 0.3) is 0 Å². The van der Waals surface area contributed by atoms with E-state index in [0.717, 1.165) is 6.26 Å². The fourth-order valence-corrected chi connectivity index (χ4v) is 2.43. The average molecular weight is 361 g/mol. The average Bonchev–Trinajstić information content (AvgIpc) is 2.50. The lowest BCUT2D eigenvalue weighted by atomic mass is 10.2. The van der Waals surface area contributed by atoms with Gasteiger partial charge in [0.1, 0.15) is 6.61 Å². The van der Waals surface area contributed by atoms with Crippen molar-refractivity contribution in [3.8, 4) is 11.5 Å². The summed E-state index contributed by atoms with van der Waals surface area (Å²) in [6, 6.07) is 4.85. The number of hydrogen-bond acceptors (Lipinski definition) is 7. The molecule has 24 heavy (non-hydrogen) atoms. The molecule has 0 atom stereocenters. The summed E-state index contributed by atoms with van der Waals surface area (Å²) in [5.41, 5.74) is 0.690. The van der Waals surface area contributed by atoms with Crippen LogP contribution in [0.4, 0.5) is 0 Å². The molecule has 9 heteroatoms. The normalized spacial score (nSPS) is 11.2. The molecule has 0 spiro atoms. The van der Waals surface area contributed by atoms with E-state index in [9.17, 15) is 13.2 Å². The molecule has 0 saturated heterocycles. The van der Waals surface area contributed by atoms with E-state index in [1.807, 2.05) is 0 Å². The van der Waals surface area contributed by atoms with E-state index in [-0.39, 0.29) is 30.6 Å². The lowest BCUT2D eigenvalue weighted by molar-refractivity contribution is -0.136. The van der Waals surface area contributed by atoms with Crippen LogP contribution in [0.3, 0.4) is 0 Å². The van der Waals surface area contributed by atoms with Crippen LogP contribution in [-0.4, -0.2) is 66.6 Å². The highest BCUT2D eigenvalue weighted by Crippen LogP contribution is 2.29. The molecule has 0 radical (unpaired) electrons. The van der Waals surface area contributed by atoms with Gasteiger partial charge in [-0.2, -0.15) is 8.42 Å². The largest absolute Gasteiger partial charge is 0.493 e. The first-order valence-electron chi connectivity index (χ1n) is 7.12. The zero-order chi connectivity index (χ0) is 18.2. The summed E-state index contributed by atoms with van der Waals surface area (Å²) in [5, 5.41) is 0. The van der Waals surface area contributed by atoms with E-state index in [2.05, 4.69) is 0 Å². The van der Waals surface area contributed by atoms with Gasteiger partial charge in [-0.05, 0) is 17.7 Å².